The molecule has 18 heavy (non-hydrogen) atoms. The molecule has 5 heteroatoms. The smallest absolute Gasteiger partial charge is 0.360 e. The molecule has 0 radical (unpaired) electrons. The summed E-state index contributed by atoms with van der Waals surface area (Å²) < 4.78 is 7.88. The Balaban J connectivity index is 2.59. The number of rotatable bonds is 1. The number of hydrogen-bond donors (Lipinski definition) is 1. The molecule has 1 N–H and O–H groups in total. The number of carbonyl (C=O) groups excluding carboxylic acids is 1. The van der Waals surface area contributed by atoms with Crippen molar-refractivity contribution in [2.24, 2.45) is 0 Å². The normalized spacial score (nSPS) is 9.67. The van der Waals surface area contributed by atoms with E-state index in [9.17, 15) is 9.59 Å². The third-order valence-corrected chi connectivity index (χ3v) is 2.51. The maximum absolute atomic E-state index is 11.6. The lowest BCUT2D eigenvalue weighted by molar-refractivity contribution is -0.114. The first-order chi connectivity index (χ1) is 8.60. The van der Waals surface area contributed by atoms with Crippen LogP contribution < -0.4 is 10.9 Å². The van der Waals surface area contributed by atoms with Crippen LogP contribution in [0.3, 0.4) is 0 Å². The lowest BCUT2D eigenvalue weighted by atomic mass is 10.1. The van der Waals surface area contributed by atoms with Gasteiger partial charge in [0.15, 0.2) is 0 Å². The van der Waals surface area contributed by atoms with Gasteiger partial charge in [-0.1, -0.05) is 5.92 Å². The quantitative estimate of drug-likeness (QED) is 0.487. The van der Waals surface area contributed by atoms with Gasteiger partial charge in [0, 0.05) is 40.5 Å². The highest BCUT2D eigenvalue weighted by molar-refractivity contribution is 14.1. The van der Waals surface area contributed by atoms with E-state index in [0.717, 1.165) is 10.9 Å². The lowest BCUT2D eigenvalue weighted by Gasteiger charge is -2.02. The number of hydrogen-bond acceptors (Lipinski definition) is 3. The molecule has 2 aromatic rings. The van der Waals surface area contributed by atoms with Crippen molar-refractivity contribution in [2.45, 2.75) is 6.92 Å². The molecule has 2 rings (SSSR count). The van der Waals surface area contributed by atoms with Crippen LogP contribution in [0.4, 0.5) is 5.69 Å². The van der Waals surface area contributed by atoms with Gasteiger partial charge in [0.1, 0.15) is 11.3 Å². The topological polar surface area (TPSA) is 59.3 Å². The van der Waals surface area contributed by atoms with Crippen LogP contribution in [0.1, 0.15) is 12.5 Å². The van der Waals surface area contributed by atoms with E-state index < -0.39 is 5.63 Å². The minimum atomic E-state index is -0.572. The molecule has 1 aromatic heterocycles. The molecule has 0 unspecified atom stereocenters. The second kappa shape index (κ2) is 5.23. The molecule has 4 nitrogen and oxygen atoms in total. The first kappa shape index (κ1) is 12.6. The first-order valence-electron chi connectivity index (χ1n) is 5.07. The minimum Gasteiger partial charge on any atom is -0.421 e. The largest absolute Gasteiger partial charge is 0.421 e. The molecular formula is C13H8INO3. The zero-order valence-corrected chi connectivity index (χ0v) is 11.6. The van der Waals surface area contributed by atoms with Gasteiger partial charge in [0.2, 0.25) is 5.91 Å². The summed E-state index contributed by atoms with van der Waals surface area (Å²) in [6.07, 6.45) is 0. The van der Waals surface area contributed by atoms with E-state index in [0.29, 0.717) is 5.58 Å². The third kappa shape index (κ3) is 2.71. The van der Waals surface area contributed by atoms with Gasteiger partial charge >= 0.3 is 5.63 Å². The molecule has 0 aliphatic heterocycles. The number of amides is 1. The Hall–Kier alpha value is -1.81. The van der Waals surface area contributed by atoms with Crippen molar-refractivity contribution in [1.82, 2.24) is 0 Å². The third-order valence-electron chi connectivity index (χ3n) is 2.24. The van der Waals surface area contributed by atoms with Crippen LogP contribution in [-0.2, 0) is 4.79 Å². The molecule has 1 aromatic carbocycles. The Morgan fingerprint density at radius 1 is 1.39 bits per heavy atom. The number of fused-ring (bicyclic) bond motifs is 1. The van der Waals surface area contributed by atoms with Crippen LogP contribution in [0.2, 0.25) is 0 Å². The number of nitrogens with one attached hydrogen (secondary N) is 1. The predicted molar refractivity (Wildman–Crippen MR) is 77.7 cm³/mol. The van der Waals surface area contributed by atoms with E-state index in [-0.39, 0.29) is 11.6 Å². The molecular weight excluding hydrogens is 345 g/mol. The second-order valence-corrected chi connectivity index (χ2v) is 4.14. The van der Waals surface area contributed by atoms with Crippen molar-refractivity contribution < 1.29 is 9.21 Å². The van der Waals surface area contributed by atoms with E-state index in [2.05, 4.69) is 15.2 Å². The van der Waals surface area contributed by atoms with Gasteiger partial charge in [0.25, 0.3) is 0 Å². The Kier molecular flexibility index (Phi) is 3.67. The fourth-order valence-electron chi connectivity index (χ4n) is 1.52. The average molecular weight is 353 g/mol. The predicted octanol–water partition coefficient (Wildman–Crippen LogP) is 2.50. The molecule has 0 fully saturated rings. The van der Waals surface area contributed by atoms with Crippen LogP contribution in [-0.4, -0.2) is 5.91 Å². The van der Waals surface area contributed by atoms with Crippen molar-refractivity contribution in [3.63, 3.8) is 0 Å². The van der Waals surface area contributed by atoms with Gasteiger partial charge in [0.05, 0.1) is 0 Å². The van der Waals surface area contributed by atoms with Gasteiger partial charge in [-0.05, 0) is 28.2 Å². The molecule has 0 saturated heterocycles. The van der Waals surface area contributed by atoms with E-state index in [4.69, 9.17) is 4.42 Å². The Morgan fingerprint density at radius 2 is 2.17 bits per heavy atom. The molecule has 0 aliphatic carbocycles. The molecule has 1 heterocycles. The molecule has 0 bridgehead atoms. The number of carbonyl (C=O) groups is 1. The monoisotopic (exact) mass is 353 g/mol. The summed E-state index contributed by atoms with van der Waals surface area (Å²) in [6.45, 7) is 1.34. The molecule has 0 atom stereocenters. The molecule has 0 spiro atoms. The summed E-state index contributed by atoms with van der Waals surface area (Å²) in [4.78, 5) is 22.5. The van der Waals surface area contributed by atoms with Crippen molar-refractivity contribution in [3.8, 4) is 9.85 Å². The summed E-state index contributed by atoms with van der Waals surface area (Å²) in [6, 6.07) is 6.90. The highest BCUT2D eigenvalue weighted by Gasteiger charge is 2.06. The number of halogens is 1. The SMILES string of the molecule is CC(=O)Nc1cc2ccc(C#CI)cc2oc1=O. The average Bonchev–Trinajstić information content (AvgIpc) is 2.30. The van der Waals surface area contributed by atoms with E-state index in [1.54, 1.807) is 18.2 Å². The Labute approximate surface area is 117 Å². The van der Waals surface area contributed by atoms with E-state index in [1.165, 1.54) is 6.92 Å². The summed E-state index contributed by atoms with van der Waals surface area (Å²) in [5, 5.41) is 3.16. The fraction of sp³-hybridized carbons (Fsp3) is 0.0769. The standard InChI is InChI=1S/C13H8INO3/c1-8(16)15-11-7-10-3-2-9(4-5-14)6-12(10)18-13(11)17/h2-3,6-7H,1H3,(H,15,16). The molecule has 1 amide bonds. The van der Waals surface area contributed by atoms with Crippen LogP contribution >= 0.6 is 22.6 Å². The minimum absolute atomic E-state index is 0.141. The van der Waals surface area contributed by atoms with Gasteiger partial charge < -0.3 is 9.73 Å². The van der Waals surface area contributed by atoms with Crippen LogP contribution in [0.15, 0.2) is 33.5 Å². The maximum atomic E-state index is 11.6. The number of anilines is 1. The zero-order chi connectivity index (χ0) is 13.1. The van der Waals surface area contributed by atoms with Gasteiger partial charge in [-0.25, -0.2) is 4.79 Å². The maximum Gasteiger partial charge on any atom is 0.360 e. The zero-order valence-electron chi connectivity index (χ0n) is 9.41. The highest BCUT2D eigenvalue weighted by Crippen LogP contribution is 2.17. The van der Waals surface area contributed by atoms with Crippen molar-refractivity contribution in [1.29, 1.82) is 0 Å². The van der Waals surface area contributed by atoms with E-state index in [1.807, 2.05) is 28.7 Å². The van der Waals surface area contributed by atoms with Crippen LogP contribution in [0, 0.1) is 9.85 Å². The molecule has 0 saturated carbocycles. The van der Waals surface area contributed by atoms with Crippen LogP contribution in [0.5, 0.6) is 0 Å². The van der Waals surface area contributed by atoms with Gasteiger partial charge in [-0.15, -0.1) is 0 Å². The van der Waals surface area contributed by atoms with Gasteiger partial charge in [-0.2, -0.15) is 0 Å². The highest BCUT2D eigenvalue weighted by atomic mass is 127. The number of benzene rings is 1. The Morgan fingerprint density at radius 3 is 2.83 bits per heavy atom. The summed E-state index contributed by atoms with van der Waals surface area (Å²) in [7, 11) is 0. The lowest BCUT2D eigenvalue weighted by Crippen LogP contribution is -2.14. The molecule has 0 aliphatic rings. The second-order valence-electron chi connectivity index (χ2n) is 3.60. The van der Waals surface area contributed by atoms with Crippen LogP contribution in [0.25, 0.3) is 11.0 Å². The summed E-state index contributed by atoms with van der Waals surface area (Å²) in [5.41, 5.74) is 0.790. The van der Waals surface area contributed by atoms with Crippen molar-refractivity contribution >= 4 is 45.2 Å². The van der Waals surface area contributed by atoms with Crippen molar-refractivity contribution in [3.05, 3.63) is 40.2 Å². The summed E-state index contributed by atoms with van der Waals surface area (Å²) in [5.74, 6) is 2.56. The fourth-order valence-corrected chi connectivity index (χ4v) is 1.83. The first-order valence-corrected chi connectivity index (χ1v) is 6.15. The van der Waals surface area contributed by atoms with Gasteiger partial charge in [-0.3, -0.25) is 4.79 Å². The van der Waals surface area contributed by atoms with E-state index >= 15 is 0 Å². The Bertz CT molecular complexity index is 737. The van der Waals surface area contributed by atoms with Crippen molar-refractivity contribution in [2.75, 3.05) is 5.32 Å². The molecule has 90 valence electrons. The summed E-state index contributed by atoms with van der Waals surface area (Å²) >= 11 is 1.94.